The molecule has 0 rings (SSSR count). The first-order valence-corrected chi connectivity index (χ1v) is 4.49. The molecule has 0 aliphatic heterocycles. The van der Waals surface area contributed by atoms with Crippen LogP contribution in [0.15, 0.2) is 11.5 Å². The van der Waals surface area contributed by atoms with Gasteiger partial charge in [-0.15, -0.1) is 4.72 Å². The maximum Gasteiger partial charge on any atom is 0.140 e. The van der Waals surface area contributed by atoms with Gasteiger partial charge in [0.1, 0.15) is 4.91 Å². The molecule has 0 radical (unpaired) electrons. The molecule has 0 aliphatic rings. The Hall–Kier alpha value is 0.01000. The Morgan fingerprint density at radius 3 is 2.50 bits per heavy atom. The number of allylic oxidation sites excluding steroid dienone is 1. The van der Waals surface area contributed by atoms with Crippen LogP contribution in [0.4, 0.5) is 0 Å². The highest BCUT2D eigenvalue weighted by Gasteiger charge is 2.06. The monoisotopic (exact) mass is 161 g/mol. The predicted octanol–water partition coefficient (Wildman–Crippen LogP) is 1.43. The molecule has 60 valence electrons. The van der Waals surface area contributed by atoms with Gasteiger partial charge in [-0.2, -0.15) is 0 Å². The van der Waals surface area contributed by atoms with E-state index in [9.17, 15) is 4.55 Å². The van der Waals surface area contributed by atoms with E-state index in [1.807, 2.05) is 0 Å². The van der Waals surface area contributed by atoms with Gasteiger partial charge in [-0.1, -0.05) is 13.8 Å². The van der Waals surface area contributed by atoms with Crippen LogP contribution in [0, 0.1) is 5.92 Å². The second-order valence-corrected chi connectivity index (χ2v) is 4.24. The largest absolute Gasteiger partial charge is 0.593 e. The van der Waals surface area contributed by atoms with E-state index in [2.05, 4.69) is 25.1 Å². The Bertz CT molecular complexity index is 114. The van der Waals surface area contributed by atoms with Crippen molar-refractivity contribution < 1.29 is 4.55 Å². The van der Waals surface area contributed by atoms with Crippen LogP contribution < -0.4 is 4.72 Å². The lowest BCUT2D eigenvalue weighted by Crippen LogP contribution is -2.27. The van der Waals surface area contributed by atoms with Crippen molar-refractivity contribution in [2.45, 2.75) is 20.8 Å². The summed E-state index contributed by atoms with van der Waals surface area (Å²) >= 11 is -1.04. The minimum absolute atomic E-state index is 0.531. The summed E-state index contributed by atoms with van der Waals surface area (Å²) in [5.74, 6) is 0.531. The second kappa shape index (κ2) is 4.77. The maximum absolute atomic E-state index is 10.9. The Balaban J connectivity index is 3.40. The Morgan fingerprint density at radius 1 is 1.70 bits per heavy atom. The fourth-order valence-electron chi connectivity index (χ4n) is 0.366. The smallest absolute Gasteiger partial charge is 0.140 e. The zero-order valence-corrected chi connectivity index (χ0v) is 7.62. The minimum atomic E-state index is -1.04. The third-order valence-electron chi connectivity index (χ3n) is 0.939. The van der Waals surface area contributed by atoms with E-state index >= 15 is 0 Å². The van der Waals surface area contributed by atoms with Crippen molar-refractivity contribution in [2.75, 3.05) is 6.54 Å². The van der Waals surface area contributed by atoms with Crippen LogP contribution in [0.1, 0.15) is 20.8 Å². The molecular formula is C7H15NOS. The molecule has 1 N–H and O–H groups in total. The van der Waals surface area contributed by atoms with Gasteiger partial charge in [-0.05, 0) is 12.5 Å². The molecule has 0 fully saturated rings. The van der Waals surface area contributed by atoms with Gasteiger partial charge in [-0.25, -0.2) is 0 Å². The van der Waals surface area contributed by atoms with Crippen LogP contribution in [0.3, 0.4) is 0 Å². The summed E-state index contributed by atoms with van der Waals surface area (Å²) in [5.41, 5.74) is 0. The van der Waals surface area contributed by atoms with Crippen molar-refractivity contribution in [3.8, 4) is 0 Å². The van der Waals surface area contributed by atoms with Gasteiger partial charge in [0, 0.05) is 13.5 Å². The van der Waals surface area contributed by atoms with Crippen LogP contribution in [0.2, 0.25) is 0 Å². The van der Waals surface area contributed by atoms with E-state index < -0.39 is 11.4 Å². The standard InChI is InChI=1S/C7H15NOS/c1-6(2)5-8-10(9)7(3)4/h6,8H,3,5H2,1-2,4H3. The molecule has 0 aliphatic carbocycles. The summed E-state index contributed by atoms with van der Waals surface area (Å²) in [5, 5.41) is 0. The molecule has 0 bridgehead atoms. The highest BCUT2D eigenvalue weighted by molar-refractivity contribution is 7.93. The summed E-state index contributed by atoms with van der Waals surface area (Å²) in [6.45, 7) is 10.2. The molecular weight excluding hydrogens is 146 g/mol. The normalized spacial score (nSPS) is 13.7. The van der Waals surface area contributed by atoms with Gasteiger partial charge in [0.25, 0.3) is 0 Å². The predicted molar refractivity (Wildman–Crippen MR) is 45.8 cm³/mol. The topological polar surface area (TPSA) is 35.1 Å². The Morgan fingerprint density at radius 2 is 2.20 bits per heavy atom. The number of rotatable bonds is 4. The van der Waals surface area contributed by atoms with Crippen molar-refractivity contribution in [2.24, 2.45) is 5.92 Å². The molecule has 0 heterocycles. The third kappa shape index (κ3) is 4.85. The van der Waals surface area contributed by atoms with Crippen LogP contribution in [-0.2, 0) is 11.4 Å². The Labute approximate surface area is 66.0 Å². The molecule has 1 unspecified atom stereocenters. The number of hydrogen-bond acceptors (Lipinski definition) is 2. The van der Waals surface area contributed by atoms with E-state index in [4.69, 9.17) is 0 Å². The van der Waals surface area contributed by atoms with Crippen molar-refractivity contribution in [3.05, 3.63) is 11.5 Å². The molecule has 0 saturated heterocycles. The van der Waals surface area contributed by atoms with Gasteiger partial charge in [0.15, 0.2) is 0 Å². The van der Waals surface area contributed by atoms with Gasteiger partial charge in [0.2, 0.25) is 0 Å². The minimum Gasteiger partial charge on any atom is -0.593 e. The first-order valence-electron chi connectivity index (χ1n) is 3.34. The van der Waals surface area contributed by atoms with Gasteiger partial charge >= 0.3 is 0 Å². The summed E-state index contributed by atoms with van der Waals surface area (Å²) in [6.07, 6.45) is 0. The summed E-state index contributed by atoms with van der Waals surface area (Å²) in [4.78, 5) is 0.681. The number of hydrogen-bond donors (Lipinski definition) is 1. The van der Waals surface area contributed by atoms with E-state index in [1.54, 1.807) is 6.92 Å². The first kappa shape index (κ1) is 10.0. The zero-order valence-electron chi connectivity index (χ0n) is 6.81. The third-order valence-corrected chi connectivity index (χ3v) is 2.00. The van der Waals surface area contributed by atoms with E-state index in [-0.39, 0.29) is 0 Å². The lowest BCUT2D eigenvalue weighted by atomic mass is 10.2. The molecule has 0 spiro atoms. The maximum atomic E-state index is 10.9. The summed E-state index contributed by atoms with van der Waals surface area (Å²) in [7, 11) is 0. The molecule has 10 heavy (non-hydrogen) atoms. The van der Waals surface area contributed by atoms with Gasteiger partial charge < -0.3 is 4.55 Å². The first-order chi connectivity index (χ1) is 4.54. The SMILES string of the molecule is C=C(C)[S+]([O-])NCC(C)C. The van der Waals surface area contributed by atoms with E-state index in [0.717, 1.165) is 6.54 Å². The molecule has 3 heteroatoms. The van der Waals surface area contributed by atoms with Crippen molar-refractivity contribution in [3.63, 3.8) is 0 Å². The van der Waals surface area contributed by atoms with Crippen molar-refractivity contribution >= 4 is 11.4 Å². The molecule has 0 aromatic rings. The average molecular weight is 161 g/mol. The van der Waals surface area contributed by atoms with Crippen LogP contribution in [0.25, 0.3) is 0 Å². The second-order valence-electron chi connectivity index (χ2n) is 2.71. The lowest BCUT2D eigenvalue weighted by Gasteiger charge is -2.10. The Kier molecular flexibility index (Phi) is 4.77. The summed E-state index contributed by atoms with van der Waals surface area (Å²) in [6, 6.07) is 0. The highest BCUT2D eigenvalue weighted by Crippen LogP contribution is 1.99. The molecule has 1 atom stereocenters. The van der Waals surface area contributed by atoms with E-state index in [0.29, 0.717) is 10.8 Å². The molecule has 2 nitrogen and oxygen atoms in total. The highest BCUT2D eigenvalue weighted by atomic mass is 32.2. The molecule has 0 aromatic heterocycles. The molecule has 0 saturated carbocycles. The summed E-state index contributed by atoms with van der Waals surface area (Å²) < 4.78 is 13.8. The zero-order chi connectivity index (χ0) is 8.15. The van der Waals surface area contributed by atoms with Gasteiger partial charge in [0.05, 0.1) is 11.4 Å². The van der Waals surface area contributed by atoms with E-state index in [1.165, 1.54) is 0 Å². The van der Waals surface area contributed by atoms with Crippen LogP contribution >= 0.6 is 0 Å². The van der Waals surface area contributed by atoms with Gasteiger partial charge in [-0.3, -0.25) is 0 Å². The molecule has 0 amide bonds. The number of nitrogens with one attached hydrogen (secondary N) is 1. The van der Waals surface area contributed by atoms with Crippen LogP contribution in [0.5, 0.6) is 0 Å². The molecule has 0 aromatic carbocycles. The fraction of sp³-hybridized carbons (Fsp3) is 0.714. The van der Waals surface area contributed by atoms with Crippen LogP contribution in [-0.4, -0.2) is 11.1 Å². The quantitative estimate of drug-likeness (QED) is 0.633. The van der Waals surface area contributed by atoms with Crippen molar-refractivity contribution in [1.82, 2.24) is 4.72 Å². The average Bonchev–Trinajstić information content (AvgIpc) is 1.82. The lowest BCUT2D eigenvalue weighted by molar-refractivity contribution is 0.565. The van der Waals surface area contributed by atoms with Crippen molar-refractivity contribution in [1.29, 1.82) is 0 Å². The fourth-order valence-corrected chi connectivity index (χ4v) is 1.10.